The van der Waals surface area contributed by atoms with Crippen LogP contribution in [0.4, 0.5) is 0 Å². The largest absolute Gasteiger partial charge is 0.350 e. The summed E-state index contributed by atoms with van der Waals surface area (Å²) in [5.74, 6) is 0.0319. The van der Waals surface area contributed by atoms with Crippen LogP contribution in [0.5, 0.6) is 0 Å². The molecule has 1 N–H and O–H groups in total. The van der Waals surface area contributed by atoms with Crippen molar-refractivity contribution < 1.29 is 4.79 Å². The van der Waals surface area contributed by atoms with Crippen LogP contribution in [0.15, 0.2) is 53.0 Å². The molecule has 1 aliphatic heterocycles. The number of nitrogens with one attached hydrogen (secondary N) is 1. The first-order valence-electron chi connectivity index (χ1n) is 7.37. The molecule has 0 radical (unpaired) electrons. The van der Waals surface area contributed by atoms with E-state index in [0.29, 0.717) is 13.1 Å². The van der Waals surface area contributed by atoms with E-state index in [0.717, 1.165) is 27.7 Å². The minimum atomic E-state index is 0.0319. The summed E-state index contributed by atoms with van der Waals surface area (Å²) in [6, 6.07) is 16.5. The third kappa shape index (κ3) is 2.15. The lowest BCUT2D eigenvalue weighted by Gasteiger charge is -2.16. The zero-order valence-electron chi connectivity index (χ0n) is 12.0. The third-order valence-corrected chi connectivity index (χ3v) is 4.68. The first-order valence-corrected chi connectivity index (χ1v) is 8.16. The van der Waals surface area contributed by atoms with E-state index in [1.807, 2.05) is 24.3 Å². The van der Waals surface area contributed by atoms with Gasteiger partial charge in [-0.1, -0.05) is 46.3 Å². The molecule has 4 rings (SSSR count). The van der Waals surface area contributed by atoms with E-state index in [1.54, 1.807) is 0 Å². The zero-order chi connectivity index (χ0) is 15.1. The van der Waals surface area contributed by atoms with E-state index in [-0.39, 0.29) is 5.91 Å². The number of amides is 1. The summed E-state index contributed by atoms with van der Waals surface area (Å²) in [5, 5.41) is 4.14. The molecule has 1 aliphatic rings. The van der Waals surface area contributed by atoms with Crippen molar-refractivity contribution in [1.82, 2.24) is 9.88 Å². The van der Waals surface area contributed by atoms with Crippen LogP contribution < -0.4 is 5.32 Å². The van der Waals surface area contributed by atoms with Gasteiger partial charge in [0.1, 0.15) is 5.69 Å². The molecule has 110 valence electrons. The molecule has 0 atom stereocenters. The summed E-state index contributed by atoms with van der Waals surface area (Å²) in [6.07, 6.45) is 0.885. The fourth-order valence-electron chi connectivity index (χ4n) is 3.22. The van der Waals surface area contributed by atoms with Crippen LogP contribution in [-0.4, -0.2) is 17.0 Å². The van der Waals surface area contributed by atoms with Crippen molar-refractivity contribution >= 4 is 32.7 Å². The summed E-state index contributed by atoms with van der Waals surface area (Å²) in [7, 11) is 0. The van der Waals surface area contributed by atoms with Gasteiger partial charge in [-0.05, 0) is 35.7 Å². The van der Waals surface area contributed by atoms with Crippen molar-refractivity contribution in [3.8, 4) is 0 Å². The van der Waals surface area contributed by atoms with Gasteiger partial charge in [0.25, 0.3) is 5.91 Å². The highest BCUT2D eigenvalue weighted by Gasteiger charge is 2.25. The number of rotatable bonds is 2. The highest BCUT2D eigenvalue weighted by atomic mass is 79.9. The summed E-state index contributed by atoms with van der Waals surface area (Å²) >= 11 is 3.54. The Morgan fingerprint density at radius 1 is 1.14 bits per heavy atom. The van der Waals surface area contributed by atoms with Crippen LogP contribution in [0.2, 0.25) is 0 Å². The molecule has 4 heteroatoms. The number of hydrogen-bond acceptors (Lipinski definition) is 1. The first-order chi connectivity index (χ1) is 10.7. The molecule has 1 amide bonds. The van der Waals surface area contributed by atoms with Gasteiger partial charge in [-0.2, -0.15) is 0 Å². The Labute approximate surface area is 137 Å². The SMILES string of the molecule is O=C1NCCc2c1n(Cc1ccccc1)c1ccc(Br)cc21. The molecular formula is C18H15BrN2O. The van der Waals surface area contributed by atoms with Gasteiger partial charge in [-0.15, -0.1) is 0 Å². The van der Waals surface area contributed by atoms with Crippen LogP contribution in [0.25, 0.3) is 10.9 Å². The Bertz CT molecular complexity index is 868. The van der Waals surface area contributed by atoms with Gasteiger partial charge in [0.05, 0.1) is 0 Å². The Hall–Kier alpha value is -2.07. The second kappa shape index (κ2) is 5.29. The zero-order valence-corrected chi connectivity index (χ0v) is 13.6. The van der Waals surface area contributed by atoms with Gasteiger partial charge in [-0.25, -0.2) is 0 Å². The van der Waals surface area contributed by atoms with Crippen molar-refractivity contribution in [2.75, 3.05) is 6.54 Å². The van der Waals surface area contributed by atoms with Crippen molar-refractivity contribution in [2.45, 2.75) is 13.0 Å². The van der Waals surface area contributed by atoms with Crippen LogP contribution in [0.3, 0.4) is 0 Å². The summed E-state index contributed by atoms with van der Waals surface area (Å²) in [4.78, 5) is 12.4. The molecule has 0 bridgehead atoms. The number of nitrogens with zero attached hydrogens (tertiary/aromatic N) is 1. The Kier molecular flexibility index (Phi) is 3.26. The molecule has 0 aliphatic carbocycles. The van der Waals surface area contributed by atoms with Gasteiger partial charge in [0, 0.05) is 28.5 Å². The molecule has 0 saturated carbocycles. The van der Waals surface area contributed by atoms with Crippen LogP contribution in [0.1, 0.15) is 21.6 Å². The van der Waals surface area contributed by atoms with E-state index >= 15 is 0 Å². The molecule has 0 spiro atoms. The second-order valence-corrected chi connectivity index (χ2v) is 6.48. The normalized spacial score (nSPS) is 14.0. The van der Waals surface area contributed by atoms with Crippen molar-refractivity contribution in [1.29, 1.82) is 0 Å². The predicted molar refractivity (Wildman–Crippen MR) is 91.2 cm³/mol. The topological polar surface area (TPSA) is 34.0 Å². The number of benzene rings is 2. The standard InChI is InChI=1S/C18H15BrN2O/c19-13-6-7-16-15(10-13)14-8-9-20-18(22)17(14)21(16)11-12-4-2-1-3-5-12/h1-7,10H,8-9,11H2,(H,20,22). The molecule has 3 aromatic rings. The van der Waals surface area contributed by atoms with E-state index < -0.39 is 0 Å². The molecule has 2 heterocycles. The van der Waals surface area contributed by atoms with E-state index in [9.17, 15) is 4.79 Å². The average Bonchev–Trinajstić information content (AvgIpc) is 2.83. The van der Waals surface area contributed by atoms with E-state index in [1.165, 1.54) is 10.9 Å². The fraction of sp³-hybridized carbons (Fsp3) is 0.167. The minimum absolute atomic E-state index is 0.0319. The van der Waals surface area contributed by atoms with E-state index in [2.05, 4.69) is 50.1 Å². The van der Waals surface area contributed by atoms with E-state index in [4.69, 9.17) is 0 Å². The van der Waals surface area contributed by atoms with Crippen molar-refractivity contribution in [2.24, 2.45) is 0 Å². The van der Waals surface area contributed by atoms with Gasteiger partial charge < -0.3 is 9.88 Å². The van der Waals surface area contributed by atoms with Crippen LogP contribution in [-0.2, 0) is 13.0 Å². The maximum atomic E-state index is 12.4. The second-order valence-electron chi connectivity index (χ2n) is 5.57. The van der Waals surface area contributed by atoms with Crippen molar-refractivity contribution in [3.05, 3.63) is 69.8 Å². The lowest BCUT2D eigenvalue weighted by atomic mass is 10.0. The smallest absolute Gasteiger partial charge is 0.268 e. The summed E-state index contributed by atoms with van der Waals surface area (Å²) in [5.41, 5.74) is 4.29. The molecule has 3 nitrogen and oxygen atoms in total. The maximum Gasteiger partial charge on any atom is 0.268 e. The molecule has 22 heavy (non-hydrogen) atoms. The first kappa shape index (κ1) is 13.6. The number of carbonyl (C=O) groups is 1. The number of aromatic nitrogens is 1. The van der Waals surface area contributed by atoms with Crippen molar-refractivity contribution in [3.63, 3.8) is 0 Å². The highest BCUT2D eigenvalue weighted by molar-refractivity contribution is 9.10. The molecule has 0 fully saturated rings. The summed E-state index contributed by atoms with van der Waals surface area (Å²) < 4.78 is 3.19. The Balaban J connectivity index is 1.96. The lowest BCUT2D eigenvalue weighted by Crippen LogP contribution is -2.33. The molecule has 2 aromatic carbocycles. The van der Waals surface area contributed by atoms with Crippen LogP contribution in [0, 0.1) is 0 Å². The van der Waals surface area contributed by atoms with Gasteiger partial charge in [0.2, 0.25) is 0 Å². The van der Waals surface area contributed by atoms with Gasteiger partial charge in [0.15, 0.2) is 0 Å². The quantitative estimate of drug-likeness (QED) is 0.747. The predicted octanol–water partition coefficient (Wildman–Crippen LogP) is 3.74. The summed E-state index contributed by atoms with van der Waals surface area (Å²) in [6.45, 7) is 1.42. The maximum absolute atomic E-state index is 12.4. The number of halogens is 1. The number of fused-ring (bicyclic) bond motifs is 3. The number of hydrogen-bond donors (Lipinski definition) is 1. The average molecular weight is 355 g/mol. The monoisotopic (exact) mass is 354 g/mol. The lowest BCUT2D eigenvalue weighted by molar-refractivity contribution is 0.0937. The molecule has 0 unspecified atom stereocenters. The van der Waals surface area contributed by atoms with Gasteiger partial charge >= 0.3 is 0 Å². The molecule has 0 saturated heterocycles. The fourth-order valence-corrected chi connectivity index (χ4v) is 3.59. The Morgan fingerprint density at radius 3 is 2.77 bits per heavy atom. The Morgan fingerprint density at radius 2 is 1.95 bits per heavy atom. The van der Waals surface area contributed by atoms with Crippen LogP contribution >= 0.6 is 15.9 Å². The minimum Gasteiger partial charge on any atom is -0.350 e. The van der Waals surface area contributed by atoms with Gasteiger partial charge in [-0.3, -0.25) is 4.79 Å². The highest BCUT2D eigenvalue weighted by Crippen LogP contribution is 2.31. The molecule has 1 aromatic heterocycles. The number of carbonyl (C=O) groups excluding carboxylic acids is 1. The molecular weight excluding hydrogens is 340 g/mol. The third-order valence-electron chi connectivity index (χ3n) is 4.19.